The molecule has 0 aromatic rings. The smallest absolute Gasteiger partial charge is 0.236 e. The summed E-state index contributed by atoms with van der Waals surface area (Å²) >= 11 is 0. The van der Waals surface area contributed by atoms with E-state index in [2.05, 4.69) is 17.1 Å². The van der Waals surface area contributed by atoms with Crippen molar-refractivity contribution >= 4 is 5.91 Å². The Morgan fingerprint density at radius 3 is 2.93 bits per heavy atom. The molecule has 0 bridgehead atoms. The van der Waals surface area contributed by atoms with Gasteiger partial charge >= 0.3 is 0 Å². The van der Waals surface area contributed by atoms with E-state index in [-0.39, 0.29) is 0 Å². The summed E-state index contributed by atoms with van der Waals surface area (Å²) in [7, 11) is 0. The number of rotatable bonds is 2. The van der Waals surface area contributed by atoms with Gasteiger partial charge in [-0.3, -0.25) is 4.79 Å². The number of amides is 1. The molecule has 1 saturated carbocycles. The van der Waals surface area contributed by atoms with E-state index in [1.165, 1.54) is 32.1 Å². The molecule has 2 aliphatic rings. The zero-order valence-corrected chi connectivity index (χ0v) is 9.67. The molecule has 0 spiro atoms. The van der Waals surface area contributed by atoms with Crippen molar-refractivity contribution in [1.82, 2.24) is 10.2 Å². The number of carbonyl (C=O) groups excluding carboxylic acids is 1. The second kappa shape index (κ2) is 4.97. The van der Waals surface area contributed by atoms with Crippen molar-refractivity contribution in [3.05, 3.63) is 0 Å². The molecule has 1 amide bonds. The highest BCUT2D eigenvalue weighted by Gasteiger charge is 2.32. The lowest BCUT2D eigenvalue weighted by Crippen LogP contribution is -2.55. The SMILES string of the molecule is CCC1CCCCC1N1CCNCC1=O. The van der Waals surface area contributed by atoms with E-state index >= 15 is 0 Å². The van der Waals surface area contributed by atoms with Gasteiger partial charge in [-0.1, -0.05) is 26.2 Å². The summed E-state index contributed by atoms with van der Waals surface area (Å²) in [5.41, 5.74) is 0. The van der Waals surface area contributed by atoms with Gasteiger partial charge in [0, 0.05) is 19.1 Å². The first-order chi connectivity index (χ1) is 7.33. The lowest BCUT2D eigenvalue weighted by atomic mass is 9.81. The number of hydrogen-bond acceptors (Lipinski definition) is 2. The van der Waals surface area contributed by atoms with Crippen LogP contribution in [0.25, 0.3) is 0 Å². The molecule has 1 aliphatic carbocycles. The van der Waals surface area contributed by atoms with E-state index in [1.807, 2.05) is 0 Å². The van der Waals surface area contributed by atoms with E-state index in [0.29, 0.717) is 18.5 Å². The van der Waals surface area contributed by atoms with E-state index < -0.39 is 0 Å². The topological polar surface area (TPSA) is 32.3 Å². The summed E-state index contributed by atoms with van der Waals surface area (Å²) in [6, 6.07) is 0.540. The fraction of sp³-hybridized carbons (Fsp3) is 0.917. The molecule has 0 radical (unpaired) electrons. The minimum absolute atomic E-state index is 0.312. The fourth-order valence-electron chi connectivity index (χ4n) is 3.05. The van der Waals surface area contributed by atoms with Crippen LogP contribution in [-0.2, 0) is 4.79 Å². The van der Waals surface area contributed by atoms with Gasteiger partial charge in [0.2, 0.25) is 5.91 Å². The second-order valence-corrected chi connectivity index (χ2v) is 4.78. The molecule has 1 heterocycles. The molecular formula is C12H22N2O. The maximum atomic E-state index is 11.8. The van der Waals surface area contributed by atoms with Crippen LogP contribution in [0.2, 0.25) is 0 Å². The van der Waals surface area contributed by atoms with Crippen LogP contribution >= 0.6 is 0 Å². The van der Waals surface area contributed by atoms with Gasteiger partial charge in [-0.15, -0.1) is 0 Å². The van der Waals surface area contributed by atoms with Crippen LogP contribution in [0.4, 0.5) is 0 Å². The zero-order chi connectivity index (χ0) is 10.7. The van der Waals surface area contributed by atoms with Gasteiger partial charge in [-0.25, -0.2) is 0 Å². The third-order valence-corrected chi connectivity index (χ3v) is 3.92. The Kier molecular flexibility index (Phi) is 3.62. The van der Waals surface area contributed by atoms with Gasteiger partial charge in [-0.2, -0.15) is 0 Å². The van der Waals surface area contributed by atoms with Gasteiger partial charge in [0.15, 0.2) is 0 Å². The standard InChI is InChI=1S/C12H22N2O/c1-2-10-5-3-4-6-11(10)14-8-7-13-9-12(14)15/h10-11,13H,2-9H2,1H3. The van der Waals surface area contributed by atoms with Crippen molar-refractivity contribution in [2.24, 2.45) is 5.92 Å². The summed E-state index contributed by atoms with van der Waals surface area (Å²) in [5.74, 6) is 1.06. The van der Waals surface area contributed by atoms with Crippen LogP contribution in [0.15, 0.2) is 0 Å². The molecule has 0 aromatic heterocycles. The Morgan fingerprint density at radius 2 is 2.20 bits per heavy atom. The molecule has 1 aliphatic heterocycles. The van der Waals surface area contributed by atoms with Crippen LogP contribution in [0.1, 0.15) is 39.0 Å². The van der Waals surface area contributed by atoms with Crippen LogP contribution < -0.4 is 5.32 Å². The molecular weight excluding hydrogens is 188 g/mol. The minimum Gasteiger partial charge on any atom is -0.337 e. The number of nitrogens with one attached hydrogen (secondary N) is 1. The Hall–Kier alpha value is -0.570. The summed E-state index contributed by atoms with van der Waals surface area (Å²) in [6.07, 6.45) is 6.43. The van der Waals surface area contributed by atoms with Crippen LogP contribution in [0.3, 0.4) is 0 Å². The first-order valence-corrected chi connectivity index (χ1v) is 6.33. The highest BCUT2D eigenvalue weighted by Crippen LogP contribution is 2.30. The normalized spacial score (nSPS) is 33.1. The zero-order valence-electron chi connectivity index (χ0n) is 9.67. The van der Waals surface area contributed by atoms with Crippen molar-refractivity contribution in [2.45, 2.75) is 45.1 Å². The highest BCUT2D eigenvalue weighted by molar-refractivity contribution is 5.79. The van der Waals surface area contributed by atoms with Crippen molar-refractivity contribution in [3.8, 4) is 0 Å². The maximum Gasteiger partial charge on any atom is 0.236 e. The van der Waals surface area contributed by atoms with Gasteiger partial charge in [0.25, 0.3) is 0 Å². The molecule has 2 unspecified atom stereocenters. The van der Waals surface area contributed by atoms with Crippen LogP contribution in [0, 0.1) is 5.92 Å². The largest absolute Gasteiger partial charge is 0.337 e. The molecule has 2 atom stereocenters. The fourth-order valence-corrected chi connectivity index (χ4v) is 3.05. The molecule has 3 nitrogen and oxygen atoms in total. The predicted molar refractivity (Wildman–Crippen MR) is 60.6 cm³/mol. The van der Waals surface area contributed by atoms with Gasteiger partial charge in [0.1, 0.15) is 0 Å². The van der Waals surface area contributed by atoms with E-state index in [9.17, 15) is 4.79 Å². The molecule has 15 heavy (non-hydrogen) atoms. The van der Waals surface area contributed by atoms with Crippen molar-refractivity contribution in [1.29, 1.82) is 0 Å². The van der Waals surface area contributed by atoms with Crippen LogP contribution in [0.5, 0.6) is 0 Å². The van der Waals surface area contributed by atoms with Gasteiger partial charge < -0.3 is 10.2 Å². The van der Waals surface area contributed by atoms with Gasteiger partial charge in [-0.05, 0) is 18.8 Å². The Morgan fingerprint density at radius 1 is 1.40 bits per heavy atom. The minimum atomic E-state index is 0.312. The summed E-state index contributed by atoms with van der Waals surface area (Å²) in [6.45, 7) is 4.70. The Labute approximate surface area is 92.2 Å². The highest BCUT2D eigenvalue weighted by atomic mass is 16.2. The van der Waals surface area contributed by atoms with Gasteiger partial charge in [0.05, 0.1) is 6.54 Å². The molecule has 0 aromatic carbocycles. The molecule has 2 rings (SSSR count). The number of nitrogens with zero attached hydrogens (tertiary/aromatic N) is 1. The second-order valence-electron chi connectivity index (χ2n) is 4.78. The number of carbonyl (C=O) groups is 1. The average molecular weight is 210 g/mol. The number of piperazine rings is 1. The third-order valence-electron chi connectivity index (χ3n) is 3.92. The Balaban J connectivity index is 2.02. The predicted octanol–water partition coefficient (Wildman–Crippen LogP) is 1.39. The van der Waals surface area contributed by atoms with Crippen molar-refractivity contribution in [3.63, 3.8) is 0 Å². The lowest BCUT2D eigenvalue weighted by Gasteiger charge is -2.41. The van der Waals surface area contributed by atoms with Crippen molar-refractivity contribution < 1.29 is 4.79 Å². The first-order valence-electron chi connectivity index (χ1n) is 6.33. The Bertz CT molecular complexity index is 230. The summed E-state index contributed by atoms with van der Waals surface area (Å²) in [4.78, 5) is 14.0. The lowest BCUT2D eigenvalue weighted by molar-refractivity contribution is -0.136. The number of hydrogen-bond donors (Lipinski definition) is 1. The van der Waals surface area contributed by atoms with Crippen LogP contribution in [-0.4, -0.2) is 36.5 Å². The molecule has 1 saturated heterocycles. The first kappa shape index (κ1) is 10.9. The monoisotopic (exact) mass is 210 g/mol. The average Bonchev–Trinajstić information content (AvgIpc) is 2.30. The molecule has 2 fully saturated rings. The maximum absolute atomic E-state index is 11.8. The molecule has 86 valence electrons. The quantitative estimate of drug-likeness (QED) is 0.747. The van der Waals surface area contributed by atoms with Crippen molar-refractivity contribution in [2.75, 3.05) is 19.6 Å². The molecule has 3 heteroatoms. The molecule has 1 N–H and O–H groups in total. The van der Waals surface area contributed by atoms with E-state index in [4.69, 9.17) is 0 Å². The van der Waals surface area contributed by atoms with E-state index in [0.717, 1.165) is 19.0 Å². The summed E-state index contributed by atoms with van der Waals surface area (Å²) in [5, 5.41) is 3.15. The van der Waals surface area contributed by atoms with E-state index in [1.54, 1.807) is 0 Å². The third kappa shape index (κ3) is 2.33. The summed E-state index contributed by atoms with van der Waals surface area (Å²) < 4.78 is 0.